The average molecular weight is 389 g/mol. The van der Waals surface area contributed by atoms with Gasteiger partial charge in [0.15, 0.2) is 0 Å². The van der Waals surface area contributed by atoms with Crippen molar-refractivity contribution >= 4 is 22.5 Å². The van der Waals surface area contributed by atoms with Crippen LogP contribution in [0.4, 0.5) is 0 Å². The van der Waals surface area contributed by atoms with Gasteiger partial charge in [-0.2, -0.15) is 0 Å². The van der Waals surface area contributed by atoms with Crippen molar-refractivity contribution in [1.29, 1.82) is 0 Å². The second kappa shape index (κ2) is 7.70. The second-order valence-electron chi connectivity index (χ2n) is 6.61. The van der Waals surface area contributed by atoms with E-state index >= 15 is 0 Å². The molecule has 8 heteroatoms. The molecule has 1 aromatic carbocycles. The number of methoxy groups -OCH3 is 1. The van der Waals surface area contributed by atoms with E-state index in [2.05, 4.69) is 15.3 Å². The van der Waals surface area contributed by atoms with Crippen LogP contribution >= 0.6 is 11.6 Å². The minimum atomic E-state index is 0.398. The fourth-order valence-corrected chi connectivity index (χ4v) is 3.56. The highest BCUT2D eigenvalue weighted by molar-refractivity contribution is 6.37. The number of hydrogen-bond donors (Lipinski definition) is 0. The number of hydrogen-bond acceptors (Lipinski definition) is 6. The van der Waals surface area contributed by atoms with Crippen molar-refractivity contribution in [3.63, 3.8) is 0 Å². The first-order chi connectivity index (χ1) is 13.2. The van der Waals surface area contributed by atoms with Crippen molar-refractivity contribution < 1.29 is 14.2 Å². The van der Waals surface area contributed by atoms with Crippen LogP contribution in [0.5, 0.6) is 11.6 Å². The van der Waals surface area contributed by atoms with Crippen LogP contribution in [0.15, 0.2) is 24.4 Å². The first-order valence-corrected chi connectivity index (χ1v) is 9.28. The van der Waals surface area contributed by atoms with Gasteiger partial charge in [-0.3, -0.25) is 0 Å². The number of benzene rings is 1. The lowest BCUT2D eigenvalue weighted by atomic mass is 10.0. The minimum absolute atomic E-state index is 0.398. The summed E-state index contributed by atoms with van der Waals surface area (Å²) in [6.45, 7) is 2.12. The molecule has 0 saturated carbocycles. The molecule has 3 aromatic rings. The Hall–Kier alpha value is -2.38. The molecule has 1 saturated heterocycles. The summed E-state index contributed by atoms with van der Waals surface area (Å²) in [7, 11) is 3.42. The molecule has 0 atom stereocenters. The molecular weight excluding hydrogens is 368 g/mol. The predicted octanol–water partition coefficient (Wildman–Crippen LogP) is 3.50. The molecule has 2 aromatic heterocycles. The van der Waals surface area contributed by atoms with Crippen LogP contribution in [0.1, 0.15) is 12.8 Å². The highest BCUT2D eigenvalue weighted by Crippen LogP contribution is 2.40. The van der Waals surface area contributed by atoms with Crippen LogP contribution in [-0.4, -0.2) is 46.9 Å². The van der Waals surface area contributed by atoms with Gasteiger partial charge in [0, 0.05) is 31.2 Å². The van der Waals surface area contributed by atoms with Crippen molar-refractivity contribution in [1.82, 2.24) is 20.0 Å². The molecule has 1 aliphatic heterocycles. The smallest absolute Gasteiger partial charge is 0.258 e. The Labute approximate surface area is 162 Å². The molecule has 0 radical (unpaired) electrons. The van der Waals surface area contributed by atoms with Crippen molar-refractivity contribution in [2.45, 2.75) is 12.8 Å². The summed E-state index contributed by atoms with van der Waals surface area (Å²) in [5, 5.41) is 9.23. The van der Waals surface area contributed by atoms with Crippen LogP contribution in [0.25, 0.3) is 22.2 Å². The van der Waals surface area contributed by atoms with Gasteiger partial charge in [0.2, 0.25) is 5.75 Å². The topological polar surface area (TPSA) is 71.3 Å². The Bertz CT molecular complexity index is 954. The first-order valence-electron chi connectivity index (χ1n) is 8.90. The maximum atomic E-state index is 6.71. The molecule has 0 N–H and O–H groups in total. The van der Waals surface area contributed by atoms with Gasteiger partial charge in [-0.05, 0) is 30.9 Å². The van der Waals surface area contributed by atoms with Gasteiger partial charge in [0.25, 0.3) is 5.88 Å². The molecule has 0 bridgehead atoms. The summed E-state index contributed by atoms with van der Waals surface area (Å²) in [4.78, 5) is 4.57. The number of pyridine rings is 1. The van der Waals surface area contributed by atoms with Gasteiger partial charge in [0.05, 0.1) is 36.1 Å². The van der Waals surface area contributed by atoms with E-state index in [0.717, 1.165) is 48.2 Å². The summed E-state index contributed by atoms with van der Waals surface area (Å²) in [6, 6.07) is 5.85. The van der Waals surface area contributed by atoms with E-state index in [0.29, 0.717) is 29.2 Å². The third kappa shape index (κ3) is 3.57. The van der Waals surface area contributed by atoms with E-state index in [-0.39, 0.29) is 0 Å². The van der Waals surface area contributed by atoms with Crippen molar-refractivity contribution in [3.8, 4) is 22.9 Å². The number of aryl methyl sites for hydroxylation is 1. The Kier molecular flexibility index (Phi) is 5.13. The van der Waals surface area contributed by atoms with Gasteiger partial charge < -0.3 is 14.2 Å². The molecule has 142 valence electrons. The molecule has 0 amide bonds. The Balaban J connectivity index is 1.70. The SMILES string of the molecule is COc1nc2ccc(-c3cnnn3C)cc2c(Cl)c1OCC1CCOCC1. The van der Waals surface area contributed by atoms with Gasteiger partial charge in [-0.1, -0.05) is 22.9 Å². The van der Waals surface area contributed by atoms with Gasteiger partial charge in [0.1, 0.15) is 0 Å². The average Bonchev–Trinajstić information content (AvgIpc) is 3.13. The zero-order valence-corrected chi connectivity index (χ0v) is 16.1. The quantitative estimate of drug-likeness (QED) is 0.666. The molecule has 0 unspecified atom stereocenters. The molecule has 0 spiro atoms. The first kappa shape index (κ1) is 18.0. The van der Waals surface area contributed by atoms with Gasteiger partial charge >= 0.3 is 0 Å². The lowest BCUT2D eigenvalue weighted by molar-refractivity contribution is 0.0493. The van der Waals surface area contributed by atoms with Crippen LogP contribution in [0.3, 0.4) is 0 Å². The van der Waals surface area contributed by atoms with Gasteiger partial charge in [-0.25, -0.2) is 9.67 Å². The third-order valence-corrected chi connectivity index (χ3v) is 5.23. The minimum Gasteiger partial charge on any atom is -0.486 e. The zero-order valence-electron chi connectivity index (χ0n) is 15.3. The van der Waals surface area contributed by atoms with Gasteiger partial charge in [-0.15, -0.1) is 5.10 Å². The Morgan fingerprint density at radius 3 is 2.81 bits per heavy atom. The molecule has 1 fully saturated rings. The maximum absolute atomic E-state index is 6.71. The van der Waals surface area contributed by atoms with E-state index in [1.165, 1.54) is 0 Å². The molecule has 1 aliphatic rings. The number of aromatic nitrogens is 4. The Morgan fingerprint density at radius 2 is 2.11 bits per heavy atom. The number of rotatable bonds is 5. The van der Waals surface area contributed by atoms with Crippen LogP contribution < -0.4 is 9.47 Å². The molecule has 27 heavy (non-hydrogen) atoms. The van der Waals surface area contributed by atoms with Crippen LogP contribution in [0.2, 0.25) is 5.02 Å². The molecule has 7 nitrogen and oxygen atoms in total. The van der Waals surface area contributed by atoms with E-state index in [1.54, 1.807) is 18.0 Å². The molecule has 0 aliphatic carbocycles. The van der Waals surface area contributed by atoms with Crippen molar-refractivity contribution in [3.05, 3.63) is 29.4 Å². The van der Waals surface area contributed by atoms with Crippen molar-refractivity contribution in [2.75, 3.05) is 26.9 Å². The predicted molar refractivity (Wildman–Crippen MR) is 102 cm³/mol. The summed E-state index contributed by atoms with van der Waals surface area (Å²) in [5.41, 5.74) is 2.60. The summed E-state index contributed by atoms with van der Waals surface area (Å²) >= 11 is 6.71. The van der Waals surface area contributed by atoms with Crippen LogP contribution in [-0.2, 0) is 11.8 Å². The molecule has 3 heterocycles. The summed E-state index contributed by atoms with van der Waals surface area (Å²) in [5.74, 6) is 1.33. The second-order valence-corrected chi connectivity index (χ2v) is 6.98. The highest BCUT2D eigenvalue weighted by atomic mass is 35.5. The number of nitrogens with zero attached hydrogens (tertiary/aromatic N) is 4. The number of halogens is 1. The third-order valence-electron chi connectivity index (χ3n) is 4.86. The van der Waals surface area contributed by atoms with E-state index in [9.17, 15) is 0 Å². The fourth-order valence-electron chi connectivity index (χ4n) is 3.27. The Morgan fingerprint density at radius 1 is 1.30 bits per heavy atom. The normalized spacial score (nSPS) is 15.2. The highest BCUT2D eigenvalue weighted by Gasteiger charge is 2.20. The monoisotopic (exact) mass is 388 g/mol. The molecular formula is C19H21ClN4O3. The largest absolute Gasteiger partial charge is 0.486 e. The van der Waals surface area contributed by atoms with E-state index < -0.39 is 0 Å². The zero-order chi connectivity index (χ0) is 18.8. The summed E-state index contributed by atoms with van der Waals surface area (Å²) in [6.07, 6.45) is 3.69. The fraction of sp³-hybridized carbons (Fsp3) is 0.421. The van der Waals surface area contributed by atoms with Crippen LogP contribution in [0, 0.1) is 5.92 Å². The lowest BCUT2D eigenvalue weighted by Crippen LogP contribution is -2.21. The number of ether oxygens (including phenoxy) is 3. The van der Waals surface area contributed by atoms with E-state index in [1.807, 2.05) is 25.2 Å². The van der Waals surface area contributed by atoms with E-state index in [4.69, 9.17) is 25.8 Å². The standard InChI is InChI=1S/C19H21ClN4O3/c1-24-16(10-21-23-24)13-3-4-15-14(9-13)17(20)18(19(22-15)25-2)27-11-12-5-7-26-8-6-12/h3-4,9-10,12H,5-8,11H2,1-2H3. The summed E-state index contributed by atoms with van der Waals surface area (Å²) < 4.78 is 18.6. The molecule has 4 rings (SSSR count). The number of fused-ring (bicyclic) bond motifs is 1. The lowest BCUT2D eigenvalue weighted by Gasteiger charge is -2.23. The maximum Gasteiger partial charge on any atom is 0.258 e. The van der Waals surface area contributed by atoms with Crippen molar-refractivity contribution in [2.24, 2.45) is 13.0 Å².